The Balaban J connectivity index is 0.00000144. The molecule has 0 aromatic rings. The monoisotopic (exact) mass is 447 g/mol. The molecule has 0 aliphatic carbocycles. The quantitative estimate of drug-likeness (QED) is 0.568. The second kappa shape index (κ2) is 6.01. The fourth-order valence-electron chi connectivity index (χ4n) is 1.84. The number of hydrogen-bond acceptors (Lipinski definition) is 2. The molecule has 0 saturated carbocycles. The van der Waals surface area contributed by atoms with Gasteiger partial charge in [0.1, 0.15) is 6.54 Å². The predicted molar refractivity (Wildman–Crippen MR) is 53.5 cm³/mol. The number of imide groups is 1. The van der Waals surface area contributed by atoms with Crippen molar-refractivity contribution in [1.82, 2.24) is 9.80 Å². The first kappa shape index (κ1) is 17.4. The molecule has 1 atom stereocenters. The minimum Gasteiger partial charge on any atom is -0.659 e. The third-order valence-electron chi connectivity index (χ3n) is 2.54. The third kappa shape index (κ3) is 3.23. The molecular weight excluding hydrogens is 434 g/mol. The van der Waals surface area contributed by atoms with Crippen molar-refractivity contribution in [3.05, 3.63) is 5.32 Å². The molecule has 3 amide bonds. The molecule has 2 saturated heterocycles. The number of hydrogen-bond donors (Lipinski definition) is 0. The maximum atomic E-state index is 12.1. The van der Waals surface area contributed by atoms with Crippen LogP contribution in [0.15, 0.2) is 0 Å². The van der Waals surface area contributed by atoms with Gasteiger partial charge in [0.05, 0.1) is 6.04 Å². The van der Waals surface area contributed by atoms with E-state index in [1.807, 2.05) is 0 Å². The molecule has 0 radical (unpaired) electrons. The Morgan fingerprint density at radius 2 is 1.94 bits per heavy atom. The van der Waals surface area contributed by atoms with Crippen LogP contribution in [-0.4, -0.2) is 60.1 Å². The SMILES string of the molecule is C.O=C1C2C[N-]CCN2C(=O)N1CC(F)(F)F.[Pt]. The van der Waals surface area contributed by atoms with Crippen LogP contribution in [0.1, 0.15) is 7.43 Å². The Labute approximate surface area is 117 Å². The standard InChI is InChI=1S/C8H9F3N3O2.CH4.Pt/c9-8(10,11)4-14-6(15)5-3-12-1-2-13(5)7(14)16;;/h5H,1-4H2;1H4;/q-1;;. The van der Waals surface area contributed by atoms with E-state index in [1.165, 1.54) is 0 Å². The summed E-state index contributed by atoms with van der Waals surface area (Å²) in [7, 11) is 0. The second-order valence-corrected chi connectivity index (χ2v) is 3.66. The van der Waals surface area contributed by atoms with E-state index < -0.39 is 30.7 Å². The summed E-state index contributed by atoms with van der Waals surface area (Å²) in [5.74, 6) is -0.800. The number of rotatable bonds is 1. The van der Waals surface area contributed by atoms with Crippen molar-refractivity contribution in [3.63, 3.8) is 0 Å². The number of halogens is 3. The summed E-state index contributed by atoms with van der Waals surface area (Å²) in [6, 6.07) is -1.69. The van der Waals surface area contributed by atoms with Gasteiger partial charge in [-0.3, -0.25) is 9.69 Å². The molecule has 0 bridgehead atoms. The molecule has 2 aliphatic rings. The van der Waals surface area contributed by atoms with Crippen LogP contribution in [0.5, 0.6) is 0 Å². The van der Waals surface area contributed by atoms with Crippen molar-refractivity contribution in [2.75, 3.05) is 26.2 Å². The van der Waals surface area contributed by atoms with Crippen LogP contribution in [0.2, 0.25) is 0 Å². The van der Waals surface area contributed by atoms with E-state index >= 15 is 0 Å². The zero-order valence-corrected chi connectivity index (χ0v) is 10.8. The van der Waals surface area contributed by atoms with Gasteiger partial charge in [0.2, 0.25) is 0 Å². The average molecular weight is 447 g/mol. The zero-order chi connectivity index (χ0) is 11.9. The van der Waals surface area contributed by atoms with Crippen LogP contribution in [0.3, 0.4) is 0 Å². The van der Waals surface area contributed by atoms with E-state index in [9.17, 15) is 22.8 Å². The summed E-state index contributed by atoms with van der Waals surface area (Å²) in [5.41, 5.74) is 0. The summed E-state index contributed by atoms with van der Waals surface area (Å²) < 4.78 is 36.4. The number of carbonyl (C=O) groups is 2. The van der Waals surface area contributed by atoms with Gasteiger partial charge in [0, 0.05) is 27.6 Å². The van der Waals surface area contributed by atoms with Gasteiger partial charge < -0.3 is 10.2 Å². The van der Waals surface area contributed by atoms with Gasteiger partial charge in [-0.1, -0.05) is 7.43 Å². The van der Waals surface area contributed by atoms with E-state index in [0.29, 0.717) is 6.54 Å². The van der Waals surface area contributed by atoms with Gasteiger partial charge in [0.25, 0.3) is 5.91 Å². The minimum absolute atomic E-state index is 0. The largest absolute Gasteiger partial charge is 0.659 e. The summed E-state index contributed by atoms with van der Waals surface area (Å²) in [5, 5.41) is 3.91. The summed E-state index contributed by atoms with van der Waals surface area (Å²) in [6.45, 7) is -0.838. The zero-order valence-electron chi connectivity index (χ0n) is 8.51. The van der Waals surface area contributed by atoms with E-state index in [4.69, 9.17) is 0 Å². The molecule has 0 N–H and O–H groups in total. The van der Waals surface area contributed by atoms with Crippen LogP contribution < -0.4 is 0 Å². The van der Waals surface area contributed by atoms with Crippen LogP contribution >= 0.6 is 0 Å². The van der Waals surface area contributed by atoms with Crippen LogP contribution in [0, 0.1) is 0 Å². The molecule has 2 fully saturated rings. The molecule has 1 unspecified atom stereocenters. The molecule has 0 aromatic carbocycles. The van der Waals surface area contributed by atoms with Crippen molar-refractivity contribution in [3.8, 4) is 0 Å². The summed E-state index contributed by atoms with van der Waals surface area (Å²) >= 11 is 0. The van der Waals surface area contributed by atoms with Crippen LogP contribution in [0.25, 0.3) is 5.32 Å². The second-order valence-electron chi connectivity index (χ2n) is 3.66. The number of carbonyl (C=O) groups excluding carboxylic acids is 2. The molecule has 108 valence electrons. The van der Waals surface area contributed by atoms with Gasteiger partial charge in [-0.25, -0.2) is 4.79 Å². The molecule has 0 aromatic heterocycles. The number of fused-ring (bicyclic) bond motifs is 1. The fraction of sp³-hybridized carbons (Fsp3) is 0.778. The van der Waals surface area contributed by atoms with E-state index in [1.54, 1.807) is 0 Å². The Morgan fingerprint density at radius 3 is 2.44 bits per heavy atom. The first-order chi connectivity index (χ1) is 7.40. The molecule has 2 rings (SSSR count). The summed E-state index contributed by atoms with van der Waals surface area (Å²) in [6.07, 6.45) is -4.56. The average Bonchev–Trinajstić information content (AvgIpc) is 2.43. The van der Waals surface area contributed by atoms with Crippen molar-refractivity contribution >= 4 is 11.9 Å². The first-order valence-corrected chi connectivity index (χ1v) is 4.72. The first-order valence-electron chi connectivity index (χ1n) is 4.72. The molecule has 9 heteroatoms. The Hall–Kier alpha value is -0.622. The Morgan fingerprint density at radius 1 is 1.33 bits per heavy atom. The van der Waals surface area contributed by atoms with E-state index in [0.717, 1.165) is 4.90 Å². The number of amides is 3. The van der Waals surface area contributed by atoms with Gasteiger partial charge in [-0.15, -0.1) is 13.1 Å². The van der Waals surface area contributed by atoms with Gasteiger partial charge in [-0.05, 0) is 0 Å². The molecule has 2 aliphatic heterocycles. The fourth-order valence-corrected chi connectivity index (χ4v) is 1.84. The maximum absolute atomic E-state index is 12.1. The Kier molecular flexibility index (Phi) is 5.81. The topological polar surface area (TPSA) is 54.7 Å². The van der Waals surface area contributed by atoms with Gasteiger partial charge >= 0.3 is 12.2 Å². The summed E-state index contributed by atoms with van der Waals surface area (Å²) in [4.78, 5) is 24.5. The van der Waals surface area contributed by atoms with E-state index in [2.05, 4.69) is 5.32 Å². The molecule has 0 spiro atoms. The smallest absolute Gasteiger partial charge is 0.406 e. The molecule has 18 heavy (non-hydrogen) atoms. The van der Waals surface area contributed by atoms with E-state index in [-0.39, 0.29) is 46.5 Å². The molecular formula is C9H13F3N3O2Pt-. The van der Waals surface area contributed by atoms with Crippen molar-refractivity contribution < 1.29 is 43.8 Å². The number of nitrogens with zero attached hydrogens (tertiary/aromatic N) is 3. The van der Waals surface area contributed by atoms with Crippen molar-refractivity contribution in [1.29, 1.82) is 0 Å². The molecule has 5 nitrogen and oxygen atoms in total. The predicted octanol–water partition coefficient (Wildman–Crippen LogP) is 1.20. The number of alkyl halides is 3. The normalized spacial score (nSPS) is 23.4. The van der Waals surface area contributed by atoms with Crippen molar-refractivity contribution in [2.24, 2.45) is 0 Å². The van der Waals surface area contributed by atoms with Crippen LogP contribution in [-0.2, 0) is 25.9 Å². The van der Waals surface area contributed by atoms with Gasteiger partial charge in [0.15, 0.2) is 0 Å². The number of urea groups is 1. The Bertz CT molecular complexity index is 314. The number of piperazine rings is 1. The minimum atomic E-state index is -4.56. The van der Waals surface area contributed by atoms with Gasteiger partial charge in [-0.2, -0.15) is 13.2 Å². The maximum Gasteiger partial charge on any atom is 0.406 e. The van der Waals surface area contributed by atoms with Crippen molar-refractivity contribution in [2.45, 2.75) is 19.6 Å². The third-order valence-corrected chi connectivity index (χ3v) is 2.54. The van der Waals surface area contributed by atoms with Crippen LogP contribution in [0.4, 0.5) is 18.0 Å². The molecule has 2 heterocycles.